The summed E-state index contributed by atoms with van der Waals surface area (Å²) in [5.74, 6) is 0.709. The Labute approximate surface area is 134 Å². The van der Waals surface area contributed by atoms with Crippen molar-refractivity contribution in [1.82, 2.24) is 10.0 Å². The molecule has 0 atom stereocenters. The van der Waals surface area contributed by atoms with Gasteiger partial charge in [0.15, 0.2) is 0 Å². The van der Waals surface area contributed by atoms with E-state index in [4.69, 9.17) is 9.15 Å². The van der Waals surface area contributed by atoms with Crippen LogP contribution >= 0.6 is 0 Å². The summed E-state index contributed by atoms with van der Waals surface area (Å²) >= 11 is 0. The third-order valence-electron chi connectivity index (χ3n) is 3.13. The van der Waals surface area contributed by atoms with E-state index in [2.05, 4.69) is 10.0 Å². The first-order valence-corrected chi connectivity index (χ1v) is 8.34. The molecule has 0 spiro atoms. The second kappa shape index (κ2) is 7.30. The van der Waals surface area contributed by atoms with Crippen LogP contribution in [0, 0.1) is 6.92 Å². The second-order valence-corrected chi connectivity index (χ2v) is 6.55. The minimum Gasteiger partial charge on any atom is -0.497 e. The van der Waals surface area contributed by atoms with E-state index in [9.17, 15) is 13.2 Å². The van der Waals surface area contributed by atoms with Gasteiger partial charge in [-0.25, -0.2) is 13.1 Å². The third kappa shape index (κ3) is 4.57. The van der Waals surface area contributed by atoms with Crippen molar-refractivity contribution in [2.75, 3.05) is 13.7 Å². The van der Waals surface area contributed by atoms with Crippen molar-refractivity contribution in [3.05, 3.63) is 47.9 Å². The minimum atomic E-state index is -3.77. The van der Waals surface area contributed by atoms with Gasteiger partial charge >= 0.3 is 0 Å². The standard InChI is InChI=1S/C15H18N2O5S/c1-11-8-12(21-2)5-6-14(11)23(19,20)17-10-15(18)16-9-13-4-3-7-22-13/h3-8,17H,9-10H2,1-2H3,(H,16,18). The van der Waals surface area contributed by atoms with Crippen LogP contribution in [-0.2, 0) is 21.4 Å². The molecule has 0 aliphatic rings. The van der Waals surface area contributed by atoms with Crippen LogP contribution in [0.4, 0.5) is 0 Å². The summed E-state index contributed by atoms with van der Waals surface area (Å²) in [7, 11) is -2.27. The Bertz CT molecular complexity index is 769. The monoisotopic (exact) mass is 338 g/mol. The van der Waals surface area contributed by atoms with Crippen LogP contribution in [-0.4, -0.2) is 28.0 Å². The normalized spacial score (nSPS) is 11.2. The molecule has 0 bridgehead atoms. The molecule has 0 saturated heterocycles. The predicted octanol–water partition coefficient (Wildman–Crippen LogP) is 1.19. The number of amides is 1. The summed E-state index contributed by atoms with van der Waals surface area (Å²) < 4.78 is 36.9. The lowest BCUT2D eigenvalue weighted by Crippen LogP contribution is -2.36. The van der Waals surface area contributed by atoms with Gasteiger partial charge in [0.25, 0.3) is 0 Å². The molecule has 8 heteroatoms. The number of hydrogen-bond acceptors (Lipinski definition) is 5. The molecular weight excluding hydrogens is 320 g/mol. The van der Waals surface area contributed by atoms with Gasteiger partial charge < -0.3 is 14.5 Å². The first kappa shape index (κ1) is 17.0. The number of benzene rings is 1. The Hall–Kier alpha value is -2.32. The quantitative estimate of drug-likeness (QED) is 0.790. The highest BCUT2D eigenvalue weighted by Crippen LogP contribution is 2.20. The van der Waals surface area contributed by atoms with E-state index in [1.807, 2.05) is 0 Å². The van der Waals surface area contributed by atoms with Crippen molar-refractivity contribution in [3.63, 3.8) is 0 Å². The van der Waals surface area contributed by atoms with Crippen molar-refractivity contribution in [2.45, 2.75) is 18.4 Å². The topological polar surface area (TPSA) is 97.6 Å². The zero-order chi connectivity index (χ0) is 16.9. The minimum absolute atomic E-state index is 0.108. The van der Waals surface area contributed by atoms with Crippen molar-refractivity contribution < 1.29 is 22.4 Å². The van der Waals surface area contributed by atoms with Crippen LogP contribution in [0.2, 0.25) is 0 Å². The van der Waals surface area contributed by atoms with Gasteiger partial charge in [-0.2, -0.15) is 0 Å². The lowest BCUT2D eigenvalue weighted by Gasteiger charge is -2.10. The molecule has 2 N–H and O–H groups in total. The molecular formula is C15H18N2O5S. The second-order valence-electron chi connectivity index (χ2n) is 4.81. The lowest BCUT2D eigenvalue weighted by molar-refractivity contribution is -0.120. The van der Waals surface area contributed by atoms with Crippen molar-refractivity contribution in [1.29, 1.82) is 0 Å². The van der Waals surface area contributed by atoms with Gasteiger partial charge in [0.05, 0.1) is 31.4 Å². The maximum atomic E-state index is 12.2. The Kier molecular flexibility index (Phi) is 5.41. The van der Waals surface area contributed by atoms with Crippen LogP contribution in [0.3, 0.4) is 0 Å². The molecule has 1 amide bonds. The number of carbonyl (C=O) groups is 1. The Morgan fingerprint density at radius 1 is 1.30 bits per heavy atom. The summed E-state index contributed by atoms with van der Waals surface area (Å²) in [4.78, 5) is 11.8. The molecule has 124 valence electrons. The smallest absolute Gasteiger partial charge is 0.241 e. The maximum absolute atomic E-state index is 12.2. The molecule has 0 aliphatic carbocycles. The Morgan fingerprint density at radius 3 is 2.70 bits per heavy atom. The van der Waals surface area contributed by atoms with E-state index in [1.165, 1.54) is 19.4 Å². The summed E-state index contributed by atoms with van der Waals surface area (Å²) in [5.41, 5.74) is 0.535. The molecule has 1 aromatic carbocycles. The van der Waals surface area contributed by atoms with Gasteiger partial charge in [0.2, 0.25) is 15.9 Å². The highest BCUT2D eigenvalue weighted by molar-refractivity contribution is 7.89. The van der Waals surface area contributed by atoms with E-state index in [1.54, 1.807) is 31.2 Å². The van der Waals surface area contributed by atoms with E-state index in [0.29, 0.717) is 17.1 Å². The highest BCUT2D eigenvalue weighted by atomic mass is 32.2. The largest absolute Gasteiger partial charge is 0.497 e. The fourth-order valence-electron chi connectivity index (χ4n) is 1.95. The molecule has 2 aromatic rings. The number of rotatable bonds is 7. The zero-order valence-corrected chi connectivity index (χ0v) is 13.6. The first-order valence-electron chi connectivity index (χ1n) is 6.86. The molecule has 23 heavy (non-hydrogen) atoms. The van der Waals surface area contributed by atoms with Crippen LogP contribution in [0.15, 0.2) is 45.9 Å². The first-order chi connectivity index (χ1) is 10.9. The number of furan rings is 1. The molecule has 1 aromatic heterocycles. The average molecular weight is 338 g/mol. The predicted molar refractivity (Wildman–Crippen MR) is 83.5 cm³/mol. The van der Waals surface area contributed by atoms with Crippen LogP contribution in [0.5, 0.6) is 5.75 Å². The van der Waals surface area contributed by atoms with Gasteiger partial charge in [-0.05, 0) is 42.8 Å². The molecule has 2 rings (SSSR count). The van der Waals surface area contributed by atoms with E-state index >= 15 is 0 Å². The number of nitrogens with one attached hydrogen (secondary N) is 2. The van der Waals surface area contributed by atoms with Gasteiger partial charge in [-0.3, -0.25) is 4.79 Å². The molecule has 0 unspecified atom stereocenters. The number of methoxy groups -OCH3 is 1. The number of ether oxygens (including phenoxy) is 1. The molecule has 0 saturated carbocycles. The fourth-order valence-corrected chi connectivity index (χ4v) is 3.16. The Balaban J connectivity index is 1.94. The molecule has 0 fully saturated rings. The zero-order valence-electron chi connectivity index (χ0n) is 12.8. The van der Waals surface area contributed by atoms with E-state index in [0.717, 1.165) is 0 Å². The SMILES string of the molecule is COc1ccc(S(=O)(=O)NCC(=O)NCc2ccco2)c(C)c1. The average Bonchev–Trinajstić information content (AvgIpc) is 3.04. The van der Waals surface area contributed by atoms with Crippen molar-refractivity contribution in [2.24, 2.45) is 0 Å². The van der Waals surface area contributed by atoms with Crippen molar-refractivity contribution >= 4 is 15.9 Å². The fraction of sp³-hybridized carbons (Fsp3) is 0.267. The van der Waals surface area contributed by atoms with E-state index < -0.39 is 15.9 Å². The number of sulfonamides is 1. The van der Waals surface area contributed by atoms with E-state index in [-0.39, 0.29) is 18.0 Å². The van der Waals surface area contributed by atoms with Crippen molar-refractivity contribution in [3.8, 4) is 5.75 Å². The van der Waals surface area contributed by atoms with Gasteiger partial charge in [-0.15, -0.1) is 0 Å². The highest BCUT2D eigenvalue weighted by Gasteiger charge is 2.18. The molecule has 7 nitrogen and oxygen atoms in total. The van der Waals surface area contributed by atoms with Gasteiger partial charge in [-0.1, -0.05) is 0 Å². The summed E-state index contributed by atoms with van der Waals surface area (Å²) in [6.45, 7) is 1.51. The lowest BCUT2D eigenvalue weighted by atomic mass is 10.2. The van der Waals surface area contributed by atoms with Gasteiger partial charge in [0.1, 0.15) is 11.5 Å². The summed E-state index contributed by atoms with van der Waals surface area (Å²) in [6.07, 6.45) is 1.50. The van der Waals surface area contributed by atoms with Crippen LogP contribution in [0.1, 0.15) is 11.3 Å². The molecule has 0 radical (unpaired) electrons. The maximum Gasteiger partial charge on any atom is 0.241 e. The number of aryl methyl sites for hydroxylation is 1. The third-order valence-corrected chi connectivity index (χ3v) is 4.70. The Morgan fingerprint density at radius 2 is 2.09 bits per heavy atom. The molecule has 1 heterocycles. The van der Waals surface area contributed by atoms with Crippen LogP contribution < -0.4 is 14.8 Å². The summed E-state index contributed by atoms with van der Waals surface area (Å²) in [6, 6.07) is 8.03. The number of hydrogen-bond donors (Lipinski definition) is 2. The molecule has 0 aliphatic heterocycles. The summed E-state index contributed by atoms with van der Waals surface area (Å²) in [5, 5.41) is 2.56. The van der Waals surface area contributed by atoms with Crippen LogP contribution in [0.25, 0.3) is 0 Å². The number of carbonyl (C=O) groups excluding carboxylic acids is 1. The van der Waals surface area contributed by atoms with Gasteiger partial charge in [0, 0.05) is 0 Å².